The number of carbonyl (C=O) groups excluding carboxylic acids is 2. The molecule has 1 unspecified atom stereocenters. The standard InChI is InChI=1S/C17H19NO3/c1-5-21-16(20)17(4,12(3)19)15-11(2)10-13-8-6-7-9-14(13)18-15/h6-10H,5H2,1-4H3. The molecule has 4 heteroatoms. The van der Waals surface area contributed by atoms with Crippen LogP contribution in [0.4, 0.5) is 0 Å². The zero-order valence-electron chi connectivity index (χ0n) is 12.8. The van der Waals surface area contributed by atoms with Gasteiger partial charge in [-0.3, -0.25) is 14.6 Å². The maximum absolute atomic E-state index is 12.3. The number of hydrogen-bond donors (Lipinski definition) is 0. The summed E-state index contributed by atoms with van der Waals surface area (Å²) in [6.07, 6.45) is 0. The summed E-state index contributed by atoms with van der Waals surface area (Å²) in [6, 6.07) is 9.57. The fraction of sp³-hybridized carbons (Fsp3) is 0.353. The third-order valence-electron chi connectivity index (χ3n) is 3.78. The second kappa shape index (κ2) is 5.64. The summed E-state index contributed by atoms with van der Waals surface area (Å²) in [6.45, 7) is 6.79. The van der Waals surface area contributed by atoms with E-state index in [2.05, 4.69) is 4.98 Å². The predicted molar refractivity (Wildman–Crippen MR) is 81.1 cm³/mol. The van der Waals surface area contributed by atoms with Crippen LogP contribution in [0, 0.1) is 6.92 Å². The second-order valence-corrected chi connectivity index (χ2v) is 5.25. The number of nitrogens with zero attached hydrogens (tertiary/aromatic N) is 1. The average Bonchev–Trinajstić information content (AvgIpc) is 2.45. The first-order valence-electron chi connectivity index (χ1n) is 6.96. The van der Waals surface area contributed by atoms with Gasteiger partial charge in [-0.05, 0) is 45.4 Å². The topological polar surface area (TPSA) is 56.3 Å². The number of hydrogen-bond acceptors (Lipinski definition) is 4. The molecule has 0 bridgehead atoms. The molecule has 0 aliphatic carbocycles. The van der Waals surface area contributed by atoms with Crippen LogP contribution in [0.2, 0.25) is 0 Å². The minimum Gasteiger partial charge on any atom is -0.465 e. The van der Waals surface area contributed by atoms with Crippen LogP contribution in [0.5, 0.6) is 0 Å². The van der Waals surface area contributed by atoms with Gasteiger partial charge >= 0.3 is 5.97 Å². The Morgan fingerprint density at radius 2 is 1.95 bits per heavy atom. The van der Waals surface area contributed by atoms with E-state index >= 15 is 0 Å². The summed E-state index contributed by atoms with van der Waals surface area (Å²) in [5, 5.41) is 0.980. The first-order valence-corrected chi connectivity index (χ1v) is 6.96. The quantitative estimate of drug-likeness (QED) is 0.640. The van der Waals surface area contributed by atoms with E-state index in [1.54, 1.807) is 13.8 Å². The van der Waals surface area contributed by atoms with Crippen molar-refractivity contribution in [2.75, 3.05) is 6.61 Å². The minimum atomic E-state index is -1.37. The number of fused-ring (bicyclic) bond motifs is 1. The Kier molecular flexibility index (Phi) is 4.07. The van der Waals surface area contributed by atoms with Gasteiger partial charge < -0.3 is 4.74 Å². The Balaban J connectivity index is 2.68. The van der Waals surface area contributed by atoms with E-state index in [0.717, 1.165) is 16.5 Å². The smallest absolute Gasteiger partial charge is 0.325 e. The molecule has 0 N–H and O–H groups in total. The number of rotatable bonds is 4. The fourth-order valence-corrected chi connectivity index (χ4v) is 2.41. The second-order valence-electron chi connectivity index (χ2n) is 5.25. The molecule has 1 atom stereocenters. The van der Waals surface area contributed by atoms with Gasteiger partial charge in [-0.15, -0.1) is 0 Å². The highest BCUT2D eigenvalue weighted by molar-refractivity contribution is 6.08. The highest BCUT2D eigenvalue weighted by atomic mass is 16.5. The predicted octanol–water partition coefficient (Wildman–Crippen LogP) is 2.95. The first-order chi connectivity index (χ1) is 9.91. The van der Waals surface area contributed by atoms with Crippen molar-refractivity contribution in [2.24, 2.45) is 0 Å². The Morgan fingerprint density at radius 1 is 1.29 bits per heavy atom. The maximum atomic E-state index is 12.3. The number of benzene rings is 1. The number of Topliss-reactive ketones (excluding diaryl/α,β-unsaturated/α-hetero) is 1. The van der Waals surface area contributed by atoms with Crippen molar-refractivity contribution in [2.45, 2.75) is 33.1 Å². The SMILES string of the molecule is CCOC(=O)C(C)(C(C)=O)c1nc2ccccc2cc1C. The first kappa shape index (κ1) is 15.2. The van der Waals surface area contributed by atoms with Crippen LogP contribution in [-0.2, 0) is 19.7 Å². The van der Waals surface area contributed by atoms with Gasteiger partial charge in [-0.25, -0.2) is 0 Å². The van der Waals surface area contributed by atoms with E-state index in [4.69, 9.17) is 4.74 Å². The van der Waals surface area contributed by atoms with Crippen molar-refractivity contribution in [1.82, 2.24) is 4.98 Å². The van der Waals surface area contributed by atoms with Gasteiger partial charge in [0.05, 0.1) is 17.8 Å². The molecule has 1 aromatic carbocycles. The Morgan fingerprint density at radius 3 is 2.57 bits per heavy atom. The molecule has 0 fully saturated rings. The molecular formula is C17H19NO3. The lowest BCUT2D eigenvalue weighted by atomic mass is 9.80. The molecule has 1 aromatic heterocycles. The van der Waals surface area contributed by atoms with Crippen LogP contribution in [0.3, 0.4) is 0 Å². The van der Waals surface area contributed by atoms with Gasteiger partial charge in [-0.1, -0.05) is 18.2 Å². The Bertz CT molecular complexity index is 708. The van der Waals surface area contributed by atoms with Gasteiger partial charge in [0.15, 0.2) is 11.2 Å². The van der Waals surface area contributed by atoms with Gasteiger partial charge in [0.1, 0.15) is 0 Å². The van der Waals surface area contributed by atoms with Crippen LogP contribution < -0.4 is 0 Å². The van der Waals surface area contributed by atoms with Crippen LogP contribution in [-0.4, -0.2) is 23.3 Å². The molecule has 21 heavy (non-hydrogen) atoms. The third kappa shape index (κ3) is 2.53. The maximum Gasteiger partial charge on any atom is 0.325 e. The molecule has 0 aliphatic rings. The molecule has 1 heterocycles. The van der Waals surface area contributed by atoms with Crippen LogP contribution in [0.25, 0.3) is 10.9 Å². The summed E-state index contributed by atoms with van der Waals surface area (Å²) >= 11 is 0. The molecule has 0 aliphatic heterocycles. The number of ketones is 1. The van der Waals surface area contributed by atoms with E-state index in [-0.39, 0.29) is 12.4 Å². The molecule has 4 nitrogen and oxygen atoms in total. The summed E-state index contributed by atoms with van der Waals surface area (Å²) in [7, 11) is 0. The number of esters is 1. The molecule has 0 saturated heterocycles. The summed E-state index contributed by atoms with van der Waals surface area (Å²) in [5.74, 6) is -0.824. The molecular weight excluding hydrogens is 266 g/mol. The molecule has 0 amide bonds. The van der Waals surface area contributed by atoms with E-state index in [1.165, 1.54) is 6.92 Å². The van der Waals surface area contributed by atoms with Gasteiger partial charge in [0.2, 0.25) is 0 Å². The van der Waals surface area contributed by atoms with Crippen molar-refractivity contribution in [3.8, 4) is 0 Å². The van der Waals surface area contributed by atoms with Crippen molar-refractivity contribution in [1.29, 1.82) is 0 Å². The number of carbonyl (C=O) groups is 2. The van der Waals surface area contributed by atoms with Gasteiger partial charge in [0.25, 0.3) is 0 Å². The largest absolute Gasteiger partial charge is 0.465 e. The van der Waals surface area contributed by atoms with Gasteiger partial charge in [0, 0.05) is 5.39 Å². The fourth-order valence-electron chi connectivity index (χ4n) is 2.41. The zero-order chi connectivity index (χ0) is 15.6. The number of para-hydroxylation sites is 1. The molecule has 2 rings (SSSR count). The molecule has 2 aromatic rings. The van der Waals surface area contributed by atoms with E-state index in [0.29, 0.717) is 5.69 Å². The van der Waals surface area contributed by atoms with Crippen molar-refractivity contribution < 1.29 is 14.3 Å². The summed E-state index contributed by atoms with van der Waals surface area (Å²) in [4.78, 5) is 29.0. The molecule has 0 radical (unpaired) electrons. The highest BCUT2D eigenvalue weighted by Gasteiger charge is 2.44. The van der Waals surface area contributed by atoms with E-state index in [1.807, 2.05) is 37.3 Å². The monoisotopic (exact) mass is 285 g/mol. The Labute approximate surface area is 124 Å². The van der Waals surface area contributed by atoms with Crippen molar-refractivity contribution in [3.63, 3.8) is 0 Å². The van der Waals surface area contributed by atoms with Crippen LogP contribution in [0.1, 0.15) is 32.0 Å². The molecule has 110 valence electrons. The number of pyridine rings is 1. The average molecular weight is 285 g/mol. The molecule has 0 spiro atoms. The minimum absolute atomic E-state index is 0.230. The number of aryl methyl sites for hydroxylation is 1. The Hall–Kier alpha value is -2.23. The zero-order valence-corrected chi connectivity index (χ0v) is 12.8. The number of aromatic nitrogens is 1. The normalized spacial score (nSPS) is 13.7. The lowest BCUT2D eigenvalue weighted by Gasteiger charge is -2.25. The summed E-state index contributed by atoms with van der Waals surface area (Å²) < 4.78 is 5.09. The molecule has 0 saturated carbocycles. The summed E-state index contributed by atoms with van der Waals surface area (Å²) in [5.41, 5.74) is 0.658. The number of ether oxygens (including phenoxy) is 1. The van der Waals surface area contributed by atoms with Crippen LogP contribution in [0.15, 0.2) is 30.3 Å². The third-order valence-corrected chi connectivity index (χ3v) is 3.78. The van der Waals surface area contributed by atoms with Crippen molar-refractivity contribution in [3.05, 3.63) is 41.6 Å². The highest BCUT2D eigenvalue weighted by Crippen LogP contribution is 2.30. The van der Waals surface area contributed by atoms with Crippen molar-refractivity contribution >= 4 is 22.7 Å². The van der Waals surface area contributed by atoms with E-state index < -0.39 is 11.4 Å². The lowest BCUT2D eigenvalue weighted by molar-refractivity contribution is -0.153. The van der Waals surface area contributed by atoms with Gasteiger partial charge in [-0.2, -0.15) is 0 Å². The van der Waals surface area contributed by atoms with E-state index in [9.17, 15) is 9.59 Å². The lowest BCUT2D eigenvalue weighted by Crippen LogP contribution is -2.42. The van der Waals surface area contributed by atoms with Crippen LogP contribution >= 0.6 is 0 Å².